The SMILES string of the molecule is CCCN(CCOC)c1ccccc1N. The lowest BCUT2D eigenvalue weighted by atomic mass is 10.2. The van der Waals surface area contributed by atoms with E-state index in [2.05, 4.69) is 17.9 Å². The molecule has 84 valence electrons. The number of anilines is 2. The quantitative estimate of drug-likeness (QED) is 0.728. The van der Waals surface area contributed by atoms with Crippen LogP contribution in [0, 0.1) is 0 Å². The summed E-state index contributed by atoms with van der Waals surface area (Å²) in [6.45, 7) is 4.80. The minimum Gasteiger partial charge on any atom is -0.397 e. The van der Waals surface area contributed by atoms with Gasteiger partial charge in [-0.3, -0.25) is 0 Å². The van der Waals surface area contributed by atoms with Crippen LogP contribution in [0.15, 0.2) is 24.3 Å². The van der Waals surface area contributed by atoms with E-state index in [1.165, 1.54) is 0 Å². The van der Waals surface area contributed by atoms with E-state index in [4.69, 9.17) is 10.5 Å². The maximum absolute atomic E-state index is 5.94. The average Bonchev–Trinajstić information content (AvgIpc) is 2.25. The van der Waals surface area contributed by atoms with E-state index in [1.807, 2.05) is 18.2 Å². The molecule has 0 heterocycles. The summed E-state index contributed by atoms with van der Waals surface area (Å²) in [5.41, 5.74) is 7.88. The summed E-state index contributed by atoms with van der Waals surface area (Å²) in [7, 11) is 1.72. The van der Waals surface area contributed by atoms with Crippen LogP contribution >= 0.6 is 0 Å². The summed E-state index contributed by atoms with van der Waals surface area (Å²) < 4.78 is 5.10. The highest BCUT2D eigenvalue weighted by molar-refractivity contribution is 5.67. The van der Waals surface area contributed by atoms with Gasteiger partial charge in [0.2, 0.25) is 0 Å². The van der Waals surface area contributed by atoms with Crippen LogP contribution in [-0.4, -0.2) is 26.8 Å². The number of nitrogens with zero attached hydrogens (tertiary/aromatic N) is 1. The highest BCUT2D eigenvalue weighted by Crippen LogP contribution is 2.22. The summed E-state index contributed by atoms with van der Waals surface area (Å²) in [6.07, 6.45) is 1.11. The summed E-state index contributed by atoms with van der Waals surface area (Å²) >= 11 is 0. The Morgan fingerprint density at radius 1 is 1.27 bits per heavy atom. The van der Waals surface area contributed by atoms with Crippen molar-refractivity contribution in [3.8, 4) is 0 Å². The van der Waals surface area contributed by atoms with Crippen molar-refractivity contribution in [2.45, 2.75) is 13.3 Å². The van der Waals surface area contributed by atoms with E-state index in [9.17, 15) is 0 Å². The van der Waals surface area contributed by atoms with Gasteiger partial charge < -0.3 is 15.4 Å². The summed E-state index contributed by atoms with van der Waals surface area (Å²) in [6, 6.07) is 7.96. The maximum atomic E-state index is 5.94. The van der Waals surface area contributed by atoms with Gasteiger partial charge in [0.25, 0.3) is 0 Å². The fourth-order valence-electron chi connectivity index (χ4n) is 1.60. The van der Waals surface area contributed by atoms with Crippen LogP contribution in [0.1, 0.15) is 13.3 Å². The molecule has 0 atom stereocenters. The van der Waals surface area contributed by atoms with Gasteiger partial charge in [-0.25, -0.2) is 0 Å². The van der Waals surface area contributed by atoms with Crippen LogP contribution < -0.4 is 10.6 Å². The molecule has 3 nitrogen and oxygen atoms in total. The minimum absolute atomic E-state index is 0.730. The molecule has 1 rings (SSSR count). The molecule has 0 radical (unpaired) electrons. The number of para-hydroxylation sites is 2. The molecule has 0 aliphatic rings. The third kappa shape index (κ3) is 3.44. The Labute approximate surface area is 91.8 Å². The summed E-state index contributed by atoms with van der Waals surface area (Å²) in [4.78, 5) is 2.26. The smallest absolute Gasteiger partial charge is 0.0637 e. The first kappa shape index (κ1) is 11.9. The van der Waals surface area contributed by atoms with Gasteiger partial charge in [-0.15, -0.1) is 0 Å². The van der Waals surface area contributed by atoms with Crippen molar-refractivity contribution in [1.82, 2.24) is 0 Å². The second-order valence-corrected chi connectivity index (χ2v) is 3.54. The van der Waals surface area contributed by atoms with Gasteiger partial charge in [0.15, 0.2) is 0 Å². The predicted molar refractivity (Wildman–Crippen MR) is 65.2 cm³/mol. The van der Waals surface area contributed by atoms with E-state index in [1.54, 1.807) is 7.11 Å². The topological polar surface area (TPSA) is 38.5 Å². The first-order chi connectivity index (χ1) is 7.29. The van der Waals surface area contributed by atoms with Crippen LogP contribution in [0.25, 0.3) is 0 Å². The molecule has 0 spiro atoms. The van der Waals surface area contributed by atoms with Crippen molar-refractivity contribution in [3.63, 3.8) is 0 Å². The van der Waals surface area contributed by atoms with Crippen molar-refractivity contribution >= 4 is 11.4 Å². The lowest BCUT2D eigenvalue weighted by Gasteiger charge is -2.25. The van der Waals surface area contributed by atoms with Gasteiger partial charge in [0.1, 0.15) is 0 Å². The third-order valence-corrected chi connectivity index (χ3v) is 2.34. The standard InChI is InChI=1S/C12H20N2O/c1-3-8-14(9-10-15-2)12-7-5-4-6-11(12)13/h4-7H,3,8-10,13H2,1-2H3. The zero-order valence-corrected chi connectivity index (χ0v) is 9.57. The van der Waals surface area contributed by atoms with Gasteiger partial charge in [-0.2, -0.15) is 0 Å². The molecule has 0 aromatic heterocycles. The van der Waals surface area contributed by atoms with Gasteiger partial charge >= 0.3 is 0 Å². The second kappa shape index (κ2) is 6.30. The van der Waals surface area contributed by atoms with E-state index < -0.39 is 0 Å². The molecule has 0 fully saturated rings. The summed E-state index contributed by atoms with van der Waals surface area (Å²) in [5, 5.41) is 0. The Bertz CT molecular complexity index is 289. The highest BCUT2D eigenvalue weighted by atomic mass is 16.5. The van der Waals surface area contributed by atoms with E-state index in [0.717, 1.165) is 37.5 Å². The third-order valence-electron chi connectivity index (χ3n) is 2.34. The van der Waals surface area contributed by atoms with Crippen LogP contribution in [0.4, 0.5) is 11.4 Å². The number of benzene rings is 1. The zero-order valence-electron chi connectivity index (χ0n) is 9.57. The molecule has 0 aliphatic heterocycles. The average molecular weight is 208 g/mol. The number of hydrogen-bond acceptors (Lipinski definition) is 3. The normalized spacial score (nSPS) is 10.3. The van der Waals surface area contributed by atoms with Crippen molar-refractivity contribution in [2.24, 2.45) is 0 Å². The highest BCUT2D eigenvalue weighted by Gasteiger charge is 2.07. The lowest BCUT2D eigenvalue weighted by molar-refractivity contribution is 0.205. The number of hydrogen-bond donors (Lipinski definition) is 1. The molecule has 2 N–H and O–H groups in total. The molecule has 0 saturated carbocycles. The predicted octanol–water partition coefficient (Wildman–Crippen LogP) is 2.13. The van der Waals surface area contributed by atoms with Crippen LogP contribution in [0.5, 0.6) is 0 Å². The first-order valence-electron chi connectivity index (χ1n) is 5.38. The molecular formula is C12H20N2O. The van der Waals surface area contributed by atoms with Gasteiger partial charge in [0, 0.05) is 20.2 Å². The molecule has 1 aromatic carbocycles. The molecule has 1 aromatic rings. The van der Waals surface area contributed by atoms with Crippen LogP contribution in [0.2, 0.25) is 0 Å². The van der Waals surface area contributed by atoms with E-state index in [0.29, 0.717) is 0 Å². The lowest BCUT2D eigenvalue weighted by Crippen LogP contribution is -2.28. The van der Waals surface area contributed by atoms with Gasteiger partial charge in [-0.05, 0) is 18.6 Å². The molecule has 3 heteroatoms. The zero-order chi connectivity index (χ0) is 11.1. The molecule has 0 saturated heterocycles. The molecule has 15 heavy (non-hydrogen) atoms. The maximum Gasteiger partial charge on any atom is 0.0637 e. The summed E-state index contributed by atoms with van der Waals surface area (Å²) in [5.74, 6) is 0. The Morgan fingerprint density at radius 2 is 2.00 bits per heavy atom. The van der Waals surface area contributed by atoms with Gasteiger partial charge in [-0.1, -0.05) is 19.1 Å². The number of nitrogens with two attached hydrogens (primary N) is 1. The molecule has 0 aliphatic carbocycles. The fraction of sp³-hybridized carbons (Fsp3) is 0.500. The van der Waals surface area contributed by atoms with E-state index in [-0.39, 0.29) is 0 Å². The minimum atomic E-state index is 0.730. The second-order valence-electron chi connectivity index (χ2n) is 3.54. The van der Waals surface area contributed by atoms with Crippen LogP contribution in [-0.2, 0) is 4.74 Å². The van der Waals surface area contributed by atoms with Gasteiger partial charge in [0.05, 0.1) is 18.0 Å². The molecule has 0 amide bonds. The molecule has 0 bridgehead atoms. The monoisotopic (exact) mass is 208 g/mol. The fourth-order valence-corrected chi connectivity index (χ4v) is 1.60. The largest absolute Gasteiger partial charge is 0.397 e. The van der Waals surface area contributed by atoms with E-state index >= 15 is 0 Å². The van der Waals surface area contributed by atoms with Crippen LogP contribution in [0.3, 0.4) is 0 Å². The van der Waals surface area contributed by atoms with Crippen molar-refractivity contribution in [1.29, 1.82) is 0 Å². The van der Waals surface area contributed by atoms with Crippen molar-refractivity contribution < 1.29 is 4.74 Å². The molecular weight excluding hydrogens is 188 g/mol. The number of nitrogen functional groups attached to an aromatic ring is 1. The van der Waals surface area contributed by atoms with Crippen molar-refractivity contribution in [3.05, 3.63) is 24.3 Å². The first-order valence-corrected chi connectivity index (χ1v) is 5.38. The Hall–Kier alpha value is -1.22. The number of ether oxygens (including phenoxy) is 1. The Kier molecular flexibility index (Phi) is 4.98. The Morgan fingerprint density at radius 3 is 2.60 bits per heavy atom. The number of rotatable bonds is 6. The molecule has 0 unspecified atom stereocenters. The Balaban J connectivity index is 2.74. The van der Waals surface area contributed by atoms with Crippen molar-refractivity contribution in [2.75, 3.05) is 37.4 Å². The number of methoxy groups -OCH3 is 1.